The standard InChI is InChI=1S/C18H33NO2.C5H13NO/c20-17-15-13-11-9-7-5-3-1-2-4-6-8-10-12-14-16-18(21)19-17;1-5(7)4-6(2)3/h1-16H2,(H,19,20,21);5,7H,4H2,1-3H3. The minimum atomic E-state index is -0.199. The van der Waals surface area contributed by atoms with Crippen LogP contribution in [-0.2, 0) is 9.59 Å². The van der Waals surface area contributed by atoms with E-state index in [1.54, 1.807) is 6.92 Å². The van der Waals surface area contributed by atoms with Crippen molar-refractivity contribution in [2.24, 2.45) is 0 Å². The first-order valence-corrected chi connectivity index (χ1v) is 11.6. The number of carbonyl (C=O) groups excluding carboxylic acids is 2. The number of nitrogens with one attached hydrogen (secondary N) is 1. The van der Waals surface area contributed by atoms with Gasteiger partial charge in [0.25, 0.3) is 0 Å². The molecule has 0 aliphatic carbocycles. The van der Waals surface area contributed by atoms with Gasteiger partial charge in [-0.15, -0.1) is 0 Å². The molecule has 2 N–H and O–H groups in total. The van der Waals surface area contributed by atoms with Crippen LogP contribution >= 0.6 is 0 Å². The lowest BCUT2D eigenvalue weighted by Gasteiger charge is -2.10. The summed E-state index contributed by atoms with van der Waals surface area (Å²) in [6, 6.07) is 0. The maximum absolute atomic E-state index is 11.6. The summed E-state index contributed by atoms with van der Waals surface area (Å²) in [6.07, 6.45) is 18.1. The van der Waals surface area contributed by atoms with Gasteiger partial charge in [0.1, 0.15) is 0 Å². The Labute approximate surface area is 173 Å². The van der Waals surface area contributed by atoms with E-state index in [4.69, 9.17) is 5.11 Å². The lowest BCUT2D eigenvalue weighted by molar-refractivity contribution is -0.130. The highest BCUT2D eigenvalue weighted by Gasteiger charge is 2.07. The first kappa shape index (κ1) is 27.1. The van der Waals surface area contributed by atoms with Gasteiger partial charge in [0.15, 0.2) is 0 Å². The molecule has 0 bridgehead atoms. The summed E-state index contributed by atoms with van der Waals surface area (Å²) in [5.41, 5.74) is 0. The Morgan fingerprint density at radius 3 is 1.21 bits per heavy atom. The number of likely N-dealkylation sites (N-methyl/N-ethyl adjacent to an activating group) is 1. The van der Waals surface area contributed by atoms with Crippen LogP contribution in [0, 0.1) is 0 Å². The zero-order chi connectivity index (χ0) is 21.0. The van der Waals surface area contributed by atoms with Gasteiger partial charge in [-0.1, -0.05) is 77.0 Å². The summed E-state index contributed by atoms with van der Waals surface area (Å²) in [7, 11) is 3.87. The summed E-state index contributed by atoms with van der Waals surface area (Å²) >= 11 is 0. The number of amides is 2. The molecule has 0 aromatic rings. The van der Waals surface area contributed by atoms with E-state index in [0.29, 0.717) is 12.8 Å². The van der Waals surface area contributed by atoms with Crippen LogP contribution in [0.2, 0.25) is 0 Å². The molecule has 1 rings (SSSR count). The topological polar surface area (TPSA) is 69.6 Å². The van der Waals surface area contributed by atoms with E-state index in [1.165, 1.54) is 64.2 Å². The molecule has 1 aliphatic heterocycles. The van der Waals surface area contributed by atoms with E-state index < -0.39 is 0 Å². The molecule has 0 radical (unpaired) electrons. The maximum Gasteiger partial charge on any atom is 0.226 e. The van der Waals surface area contributed by atoms with Gasteiger partial charge in [0.05, 0.1) is 6.10 Å². The quantitative estimate of drug-likeness (QED) is 0.655. The van der Waals surface area contributed by atoms with E-state index in [2.05, 4.69) is 5.32 Å². The van der Waals surface area contributed by atoms with E-state index in [-0.39, 0.29) is 17.9 Å². The zero-order valence-corrected chi connectivity index (χ0v) is 18.8. The zero-order valence-electron chi connectivity index (χ0n) is 18.8. The van der Waals surface area contributed by atoms with Crippen molar-refractivity contribution >= 4 is 11.8 Å². The van der Waals surface area contributed by atoms with Crippen molar-refractivity contribution in [2.75, 3.05) is 20.6 Å². The Hall–Kier alpha value is -0.940. The molecule has 166 valence electrons. The minimum Gasteiger partial charge on any atom is -0.392 e. The molecule has 1 atom stereocenters. The Bertz CT molecular complexity index is 350. The van der Waals surface area contributed by atoms with Crippen LogP contribution in [-0.4, -0.2) is 48.6 Å². The molecule has 0 aromatic heterocycles. The molecule has 0 aromatic carbocycles. The highest BCUT2D eigenvalue weighted by Crippen LogP contribution is 2.14. The summed E-state index contributed by atoms with van der Waals surface area (Å²) in [5.74, 6) is -0.171. The van der Waals surface area contributed by atoms with Crippen LogP contribution in [0.15, 0.2) is 0 Å². The van der Waals surface area contributed by atoms with Crippen molar-refractivity contribution in [1.82, 2.24) is 10.2 Å². The minimum absolute atomic E-state index is 0.0853. The second-order valence-electron chi connectivity index (χ2n) is 8.53. The number of rotatable bonds is 2. The average Bonchev–Trinajstić information content (AvgIpc) is 2.60. The van der Waals surface area contributed by atoms with Gasteiger partial charge in [-0.05, 0) is 33.9 Å². The van der Waals surface area contributed by atoms with Gasteiger partial charge in [-0.3, -0.25) is 14.9 Å². The maximum atomic E-state index is 11.6. The Balaban J connectivity index is 0.000000887. The van der Waals surface area contributed by atoms with Crippen LogP contribution in [0.4, 0.5) is 0 Å². The highest BCUT2D eigenvalue weighted by molar-refractivity contribution is 5.95. The summed E-state index contributed by atoms with van der Waals surface area (Å²) < 4.78 is 0. The van der Waals surface area contributed by atoms with Crippen molar-refractivity contribution in [1.29, 1.82) is 0 Å². The van der Waals surface area contributed by atoms with Gasteiger partial charge >= 0.3 is 0 Å². The third-order valence-corrected chi connectivity index (χ3v) is 4.97. The lowest BCUT2D eigenvalue weighted by Crippen LogP contribution is -2.29. The van der Waals surface area contributed by atoms with Gasteiger partial charge < -0.3 is 10.0 Å². The van der Waals surface area contributed by atoms with Gasteiger partial charge in [-0.2, -0.15) is 0 Å². The number of hydrogen-bond donors (Lipinski definition) is 2. The fourth-order valence-electron chi connectivity index (χ4n) is 3.50. The lowest BCUT2D eigenvalue weighted by atomic mass is 10.0. The predicted molar refractivity (Wildman–Crippen MR) is 117 cm³/mol. The first-order valence-electron chi connectivity index (χ1n) is 11.6. The number of aliphatic hydroxyl groups is 1. The number of aliphatic hydroxyl groups excluding tert-OH is 1. The van der Waals surface area contributed by atoms with Crippen molar-refractivity contribution in [3.05, 3.63) is 0 Å². The van der Waals surface area contributed by atoms with E-state index in [1.807, 2.05) is 19.0 Å². The van der Waals surface area contributed by atoms with Crippen molar-refractivity contribution in [3.63, 3.8) is 0 Å². The second kappa shape index (κ2) is 19.4. The Morgan fingerprint density at radius 1 is 0.714 bits per heavy atom. The Morgan fingerprint density at radius 2 is 1.00 bits per heavy atom. The van der Waals surface area contributed by atoms with Gasteiger partial charge in [0, 0.05) is 19.4 Å². The van der Waals surface area contributed by atoms with Crippen molar-refractivity contribution in [2.45, 2.75) is 116 Å². The number of imide groups is 1. The van der Waals surface area contributed by atoms with Crippen molar-refractivity contribution in [3.8, 4) is 0 Å². The molecule has 2 amide bonds. The van der Waals surface area contributed by atoms with Crippen LogP contribution in [0.1, 0.15) is 110 Å². The molecular weight excluding hydrogens is 352 g/mol. The molecule has 1 aliphatic rings. The normalized spacial score (nSPS) is 20.8. The van der Waals surface area contributed by atoms with Gasteiger partial charge in [0.2, 0.25) is 11.8 Å². The number of carbonyl (C=O) groups is 2. The molecule has 28 heavy (non-hydrogen) atoms. The highest BCUT2D eigenvalue weighted by atomic mass is 16.3. The molecular formula is C23H46N2O3. The molecule has 5 heteroatoms. The van der Waals surface area contributed by atoms with Gasteiger partial charge in [-0.25, -0.2) is 0 Å². The van der Waals surface area contributed by atoms with E-state index in [9.17, 15) is 9.59 Å². The largest absolute Gasteiger partial charge is 0.392 e. The Kier molecular flexibility index (Phi) is 18.7. The molecule has 0 spiro atoms. The molecule has 1 heterocycles. The molecule has 1 unspecified atom stereocenters. The molecule has 1 saturated heterocycles. The van der Waals surface area contributed by atoms with Crippen LogP contribution < -0.4 is 5.32 Å². The number of nitrogens with zero attached hydrogens (tertiary/aromatic N) is 1. The second-order valence-corrected chi connectivity index (χ2v) is 8.53. The smallest absolute Gasteiger partial charge is 0.226 e. The predicted octanol–water partition coefficient (Wildman–Crippen LogP) is 4.81. The first-order chi connectivity index (χ1) is 13.4. The molecule has 5 nitrogen and oxygen atoms in total. The molecule has 1 fully saturated rings. The monoisotopic (exact) mass is 398 g/mol. The van der Waals surface area contributed by atoms with Crippen molar-refractivity contribution < 1.29 is 14.7 Å². The fraction of sp³-hybridized carbons (Fsp3) is 0.913. The van der Waals surface area contributed by atoms with E-state index in [0.717, 1.165) is 32.2 Å². The third kappa shape index (κ3) is 21.4. The number of hydrogen-bond acceptors (Lipinski definition) is 4. The van der Waals surface area contributed by atoms with Crippen LogP contribution in [0.25, 0.3) is 0 Å². The van der Waals surface area contributed by atoms with Crippen LogP contribution in [0.3, 0.4) is 0 Å². The molecule has 0 saturated carbocycles. The summed E-state index contributed by atoms with van der Waals surface area (Å²) in [4.78, 5) is 25.1. The average molecular weight is 399 g/mol. The third-order valence-electron chi connectivity index (χ3n) is 4.97. The van der Waals surface area contributed by atoms with Crippen LogP contribution in [0.5, 0.6) is 0 Å². The summed E-state index contributed by atoms with van der Waals surface area (Å²) in [5, 5.41) is 11.2. The van der Waals surface area contributed by atoms with E-state index >= 15 is 0 Å². The SMILES string of the molecule is CC(O)CN(C)C.O=C1CCCCCCCCCCCCCCCCC(=O)N1. The fourth-order valence-corrected chi connectivity index (χ4v) is 3.50. The summed E-state index contributed by atoms with van der Waals surface area (Å²) in [6.45, 7) is 2.53.